The van der Waals surface area contributed by atoms with E-state index in [4.69, 9.17) is 5.84 Å². The van der Waals surface area contributed by atoms with Gasteiger partial charge in [-0.2, -0.15) is 0 Å². The van der Waals surface area contributed by atoms with Crippen molar-refractivity contribution in [2.24, 2.45) is 5.84 Å². The third kappa shape index (κ3) is 3.82. The smallest absolute Gasteiger partial charge is 0.316 e. The average Bonchev–Trinajstić information content (AvgIpc) is 2.47. The standard InChI is InChI=1S/C13H21N5O3/c1-4-17(5-2)12(19)9-16(3)11-8-6-7-10(15-14)13(11)18(20)21/h6-8,15H,4-5,9,14H2,1-3H3. The van der Waals surface area contributed by atoms with Gasteiger partial charge in [0, 0.05) is 20.1 Å². The second-order valence-electron chi connectivity index (χ2n) is 4.50. The van der Waals surface area contributed by atoms with Gasteiger partial charge in [-0.05, 0) is 26.0 Å². The van der Waals surface area contributed by atoms with Gasteiger partial charge in [0.2, 0.25) is 5.91 Å². The predicted octanol–water partition coefficient (Wildman–Crippen LogP) is 1.19. The van der Waals surface area contributed by atoms with E-state index in [1.54, 1.807) is 29.0 Å². The predicted molar refractivity (Wildman–Crippen MR) is 82.1 cm³/mol. The number of amides is 1. The van der Waals surface area contributed by atoms with Gasteiger partial charge in [0.1, 0.15) is 11.4 Å². The number of nitrogens with zero attached hydrogens (tertiary/aromatic N) is 3. The lowest BCUT2D eigenvalue weighted by atomic mass is 10.2. The molecule has 0 aliphatic carbocycles. The number of hydrogen-bond acceptors (Lipinski definition) is 6. The van der Waals surface area contributed by atoms with Crippen molar-refractivity contribution in [1.82, 2.24) is 4.90 Å². The van der Waals surface area contributed by atoms with E-state index in [1.807, 2.05) is 13.8 Å². The summed E-state index contributed by atoms with van der Waals surface area (Å²) in [6.45, 7) is 5.06. The van der Waals surface area contributed by atoms with Crippen LogP contribution in [0.15, 0.2) is 18.2 Å². The van der Waals surface area contributed by atoms with Crippen molar-refractivity contribution < 1.29 is 9.72 Å². The molecule has 3 N–H and O–H groups in total. The molecule has 0 spiro atoms. The number of anilines is 2. The van der Waals surface area contributed by atoms with Gasteiger partial charge >= 0.3 is 5.69 Å². The molecule has 8 nitrogen and oxygen atoms in total. The number of rotatable bonds is 7. The summed E-state index contributed by atoms with van der Waals surface area (Å²) in [6.07, 6.45) is 0. The Hall–Kier alpha value is -2.35. The molecule has 1 amide bonds. The van der Waals surface area contributed by atoms with E-state index < -0.39 is 4.92 Å². The van der Waals surface area contributed by atoms with Crippen LogP contribution in [0.4, 0.5) is 17.1 Å². The number of nitrogens with one attached hydrogen (secondary N) is 1. The Balaban J connectivity index is 3.05. The fraction of sp³-hybridized carbons (Fsp3) is 0.462. The van der Waals surface area contributed by atoms with Crippen LogP contribution in [-0.2, 0) is 4.79 Å². The average molecular weight is 295 g/mol. The summed E-state index contributed by atoms with van der Waals surface area (Å²) in [6, 6.07) is 4.76. The first kappa shape index (κ1) is 16.7. The number of para-hydroxylation sites is 1. The number of nitro benzene ring substituents is 1. The highest BCUT2D eigenvalue weighted by Gasteiger charge is 2.23. The summed E-state index contributed by atoms with van der Waals surface area (Å²) < 4.78 is 0. The number of hydrazine groups is 1. The third-order valence-corrected chi connectivity index (χ3v) is 3.25. The van der Waals surface area contributed by atoms with Crippen LogP contribution in [0.2, 0.25) is 0 Å². The van der Waals surface area contributed by atoms with Crippen LogP contribution >= 0.6 is 0 Å². The van der Waals surface area contributed by atoms with E-state index in [9.17, 15) is 14.9 Å². The van der Waals surface area contributed by atoms with Crippen molar-refractivity contribution in [2.45, 2.75) is 13.8 Å². The second-order valence-corrected chi connectivity index (χ2v) is 4.50. The molecule has 0 saturated carbocycles. The fourth-order valence-corrected chi connectivity index (χ4v) is 2.11. The highest BCUT2D eigenvalue weighted by Crippen LogP contribution is 2.34. The quantitative estimate of drug-likeness (QED) is 0.444. The van der Waals surface area contributed by atoms with E-state index in [1.165, 1.54) is 6.07 Å². The van der Waals surface area contributed by atoms with Gasteiger partial charge in [-0.15, -0.1) is 0 Å². The Morgan fingerprint density at radius 3 is 2.48 bits per heavy atom. The Kier molecular flexibility index (Phi) is 5.92. The Morgan fingerprint density at radius 2 is 2.00 bits per heavy atom. The SMILES string of the molecule is CCN(CC)C(=O)CN(C)c1cccc(NN)c1[N+](=O)[O-]. The summed E-state index contributed by atoms with van der Waals surface area (Å²) >= 11 is 0. The molecule has 116 valence electrons. The largest absolute Gasteiger partial charge is 0.360 e. The zero-order valence-electron chi connectivity index (χ0n) is 12.5. The van der Waals surface area contributed by atoms with Crippen LogP contribution in [0.5, 0.6) is 0 Å². The molecule has 0 aromatic heterocycles. The molecule has 0 fully saturated rings. The van der Waals surface area contributed by atoms with Gasteiger partial charge in [0.15, 0.2) is 0 Å². The zero-order valence-corrected chi connectivity index (χ0v) is 12.5. The Morgan fingerprint density at radius 1 is 1.38 bits per heavy atom. The third-order valence-electron chi connectivity index (χ3n) is 3.25. The first-order chi connectivity index (χ1) is 9.96. The molecule has 0 heterocycles. The van der Waals surface area contributed by atoms with Crippen LogP contribution in [0.25, 0.3) is 0 Å². The number of carbonyl (C=O) groups is 1. The van der Waals surface area contributed by atoms with E-state index in [2.05, 4.69) is 5.43 Å². The highest BCUT2D eigenvalue weighted by molar-refractivity contribution is 5.84. The Labute approximate surface area is 123 Å². The number of carbonyl (C=O) groups excluding carboxylic acids is 1. The van der Waals surface area contributed by atoms with Crippen LogP contribution in [0.3, 0.4) is 0 Å². The van der Waals surface area contributed by atoms with Crippen molar-refractivity contribution in [3.05, 3.63) is 28.3 Å². The monoisotopic (exact) mass is 295 g/mol. The van der Waals surface area contributed by atoms with Gasteiger partial charge < -0.3 is 15.2 Å². The first-order valence-electron chi connectivity index (χ1n) is 6.69. The number of nitro groups is 1. The zero-order chi connectivity index (χ0) is 16.0. The molecular weight excluding hydrogens is 274 g/mol. The van der Waals surface area contributed by atoms with Crippen LogP contribution in [-0.4, -0.2) is 42.4 Å². The number of likely N-dealkylation sites (N-methyl/N-ethyl adjacent to an activating group) is 2. The number of nitrogen functional groups attached to an aromatic ring is 1. The molecule has 0 aliphatic rings. The van der Waals surface area contributed by atoms with E-state index in [-0.39, 0.29) is 23.8 Å². The van der Waals surface area contributed by atoms with Crippen molar-refractivity contribution in [3.8, 4) is 0 Å². The molecule has 8 heteroatoms. The highest BCUT2D eigenvalue weighted by atomic mass is 16.6. The van der Waals surface area contributed by atoms with Crippen molar-refractivity contribution in [2.75, 3.05) is 37.0 Å². The van der Waals surface area contributed by atoms with Crippen LogP contribution < -0.4 is 16.2 Å². The first-order valence-corrected chi connectivity index (χ1v) is 6.69. The summed E-state index contributed by atoms with van der Waals surface area (Å²) in [7, 11) is 1.64. The molecule has 0 unspecified atom stereocenters. The lowest BCUT2D eigenvalue weighted by Gasteiger charge is -2.24. The summed E-state index contributed by atoms with van der Waals surface area (Å²) in [4.78, 5) is 26.0. The fourth-order valence-electron chi connectivity index (χ4n) is 2.11. The minimum Gasteiger partial charge on any atom is -0.360 e. The van der Waals surface area contributed by atoms with Crippen LogP contribution in [0.1, 0.15) is 13.8 Å². The van der Waals surface area contributed by atoms with E-state index >= 15 is 0 Å². The van der Waals surface area contributed by atoms with Crippen molar-refractivity contribution in [1.29, 1.82) is 0 Å². The molecule has 21 heavy (non-hydrogen) atoms. The molecule has 0 aliphatic heterocycles. The van der Waals surface area contributed by atoms with Gasteiger partial charge in [0.05, 0.1) is 11.5 Å². The molecular formula is C13H21N5O3. The molecule has 0 saturated heterocycles. The number of benzene rings is 1. The van der Waals surface area contributed by atoms with Gasteiger partial charge in [0.25, 0.3) is 0 Å². The number of hydrogen-bond donors (Lipinski definition) is 2. The maximum absolute atomic E-state index is 12.1. The van der Waals surface area contributed by atoms with Crippen molar-refractivity contribution >= 4 is 23.0 Å². The Bertz CT molecular complexity index is 517. The second kappa shape index (κ2) is 7.44. The van der Waals surface area contributed by atoms with Gasteiger partial charge in [-0.3, -0.25) is 20.8 Å². The maximum Gasteiger partial charge on any atom is 0.316 e. The lowest BCUT2D eigenvalue weighted by Crippen LogP contribution is -2.39. The van der Waals surface area contributed by atoms with Crippen molar-refractivity contribution in [3.63, 3.8) is 0 Å². The molecule has 0 radical (unpaired) electrons. The number of nitrogens with two attached hydrogens (primary N) is 1. The minimum atomic E-state index is -0.511. The maximum atomic E-state index is 12.1. The van der Waals surface area contributed by atoms with Gasteiger partial charge in [-0.1, -0.05) is 6.07 Å². The van der Waals surface area contributed by atoms with Gasteiger partial charge in [-0.25, -0.2) is 0 Å². The molecule has 1 aromatic rings. The topological polar surface area (TPSA) is 105 Å². The lowest BCUT2D eigenvalue weighted by molar-refractivity contribution is -0.383. The summed E-state index contributed by atoms with van der Waals surface area (Å²) in [5, 5.41) is 11.2. The minimum absolute atomic E-state index is 0.0660. The van der Waals surface area contributed by atoms with E-state index in [0.29, 0.717) is 18.8 Å². The molecule has 1 aromatic carbocycles. The summed E-state index contributed by atoms with van der Waals surface area (Å²) in [5.74, 6) is 5.22. The van der Waals surface area contributed by atoms with Crippen LogP contribution in [0, 0.1) is 10.1 Å². The molecule has 0 atom stereocenters. The normalized spacial score (nSPS) is 10.1. The molecule has 1 rings (SSSR count). The van der Waals surface area contributed by atoms with E-state index in [0.717, 1.165) is 0 Å². The summed E-state index contributed by atoms with van der Waals surface area (Å²) in [5.41, 5.74) is 2.71. The molecule has 0 bridgehead atoms.